The van der Waals surface area contributed by atoms with Crippen molar-refractivity contribution >= 4 is 28.4 Å². The monoisotopic (exact) mass is 426 g/mol. The number of nitriles is 1. The smallest absolute Gasteiger partial charge is 0.251 e. The Balaban J connectivity index is 1.60. The molecule has 1 atom stereocenters. The maximum Gasteiger partial charge on any atom is 0.251 e. The Hall–Kier alpha value is -4.44. The van der Waals surface area contributed by atoms with Gasteiger partial charge in [-0.25, -0.2) is 4.39 Å². The molecule has 0 spiro atoms. The molecular weight excluding hydrogens is 407 g/mol. The lowest BCUT2D eigenvalue weighted by Crippen LogP contribution is -2.45. The first-order chi connectivity index (χ1) is 15.5. The zero-order chi connectivity index (χ0) is 22.5. The van der Waals surface area contributed by atoms with Gasteiger partial charge in [0.05, 0.1) is 11.6 Å². The van der Waals surface area contributed by atoms with E-state index in [1.54, 1.807) is 24.3 Å². The fourth-order valence-electron chi connectivity index (χ4n) is 3.47. The fraction of sp³-hybridized carbons (Fsp3) is 0.0800. The standard InChI is InChI=1S/C25H19FN4O2/c26-19-10-8-17(9-11-19)24(31)30-23(13-18-15-28-22-7-2-1-6-21(18)22)25(32)29-20-5-3-4-16(12-20)14-27/h1-12,15,23,28H,13H2,(H,29,32)(H,30,31)/t23-/m0/s1. The number of H-pyrrole nitrogens is 1. The molecular formula is C25H19FN4O2. The fourth-order valence-corrected chi connectivity index (χ4v) is 3.47. The van der Waals surface area contributed by atoms with E-state index in [4.69, 9.17) is 5.26 Å². The molecule has 0 aliphatic carbocycles. The zero-order valence-corrected chi connectivity index (χ0v) is 16.9. The van der Waals surface area contributed by atoms with E-state index < -0.39 is 23.7 Å². The Morgan fingerprint density at radius 1 is 1.03 bits per heavy atom. The van der Waals surface area contributed by atoms with E-state index in [2.05, 4.69) is 15.6 Å². The number of aromatic nitrogens is 1. The van der Waals surface area contributed by atoms with Crippen LogP contribution in [0.1, 0.15) is 21.5 Å². The predicted octanol–water partition coefficient (Wildman–Crippen LogP) is 4.16. The molecule has 7 heteroatoms. The van der Waals surface area contributed by atoms with Crippen LogP contribution in [0.25, 0.3) is 10.9 Å². The first kappa shape index (κ1) is 20.8. The summed E-state index contributed by atoms with van der Waals surface area (Å²) in [5, 5.41) is 15.6. The van der Waals surface area contributed by atoms with E-state index in [9.17, 15) is 14.0 Å². The van der Waals surface area contributed by atoms with Crippen LogP contribution in [0.2, 0.25) is 0 Å². The van der Waals surface area contributed by atoms with Crippen molar-refractivity contribution in [1.29, 1.82) is 5.26 Å². The summed E-state index contributed by atoms with van der Waals surface area (Å²) >= 11 is 0. The normalized spacial score (nSPS) is 11.5. The first-order valence-corrected chi connectivity index (χ1v) is 9.96. The number of amides is 2. The number of hydrogen-bond acceptors (Lipinski definition) is 3. The molecule has 4 aromatic rings. The van der Waals surface area contributed by atoms with E-state index in [1.165, 1.54) is 24.3 Å². The maximum atomic E-state index is 13.2. The van der Waals surface area contributed by atoms with Gasteiger partial charge in [0.1, 0.15) is 11.9 Å². The van der Waals surface area contributed by atoms with Crippen LogP contribution in [0.5, 0.6) is 0 Å². The molecule has 1 heterocycles. The van der Waals surface area contributed by atoms with Crippen LogP contribution in [-0.4, -0.2) is 22.8 Å². The number of fused-ring (bicyclic) bond motifs is 1. The molecule has 0 fully saturated rings. The van der Waals surface area contributed by atoms with Crippen molar-refractivity contribution in [3.8, 4) is 6.07 Å². The Labute approximate surface area is 183 Å². The van der Waals surface area contributed by atoms with E-state index in [1.807, 2.05) is 36.5 Å². The van der Waals surface area contributed by atoms with E-state index in [0.29, 0.717) is 11.3 Å². The molecule has 2 amide bonds. The zero-order valence-electron chi connectivity index (χ0n) is 16.9. The van der Waals surface area contributed by atoms with Gasteiger partial charge in [-0.05, 0) is 54.1 Å². The van der Waals surface area contributed by atoms with Gasteiger partial charge in [0.2, 0.25) is 5.91 Å². The molecule has 32 heavy (non-hydrogen) atoms. The first-order valence-electron chi connectivity index (χ1n) is 9.96. The van der Waals surface area contributed by atoms with Crippen LogP contribution in [0, 0.1) is 17.1 Å². The second kappa shape index (κ2) is 9.14. The minimum Gasteiger partial charge on any atom is -0.361 e. The van der Waals surface area contributed by atoms with Crippen molar-refractivity contribution < 1.29 is 14.0 Å². The molecule has 0 bridgehead atoms. The number of hydrogen-bond donors (Lipinski definition) is 3. The number of nitrogens with zero attached hydrogens (tertiary/aromatic N) is 1. The molecule has 0 radical (unpaired) electrons. The Morgan fingerprint density at radius 3 is 2.59 bits per heavy atom. The summed E-state index contributed by atoms with van der Waals surface area (Å²) < 4.78 is 13.2. The number of anilines is 1. The molecule has 4 rings (SSSR count). The van der Waals surface area contributed by atoms with Crippen molar-refractivity contribution in [2.24, 2.45) is 0 Å². The number of nitrogens with one attached hydrogen (secondary N) is 3. The maximum absolute atomic E-state index is 13.2. The van der Waals surface area contributed by atoms with Gasteiger partial charge in [-0.15, -0.1) is 0 Å². The summed E-state index contributed by atoms with van der Waals surface area (Å²) in [6, 6.07) is 20.4. The van der Waals surface area contributed by atoms with Crippen molar-refractivity contribution in [1.82, 2.24) is 10.3 Å². The van der Waals surface area contributed by atoms with Crippen molar-refractivity contribution in [2.75, 3.05) is 5.32 Å². The van der Waals surface area contributed by atoms with E-state index >= 15 is 0 Å². The van der Waals surface area contributed by atoms with Crippen LogP contribution >= 0.6 is 0 Å². The molecule has 0 unspecified atom stereocenters. The number of carbonyl (C=O) groups excluding carboxylic acids is 2. The molecule has 6 nitrogen and oxygen atoms in total. The SMILES string of the molecule is N#Cc1cccc(NC(=O)[C@H](Cc2c[nH]c3ccccc23)NC(=O)c2ccc(F)cc2)c1. The molecule has 158 valence electrons. The topological polar surface area (TPSA) is 97.8 Å². The van der Waals surface area contributed by atoms with E-state index in [-0.39, 0.29) is 12.0 Å². The van der Waals surface area contributed by atoms with Crippen LogP contribution in [0.3, 0.4) is 0 Å². The van der Waals surface area contributed by atoms with Crippen molar-refractivity contribution in [2.45, 2.75) is 12.5 Å². The van der Waals surface area contributed by atoms with E-state index in [0.717, 1.165) is 16.5 Å². The van der Waals surface area contributed by atoms with Gasteiger partial charge in [-0.2, -0.15) is 5.26 Å². The Bertz CT molecular complexity index is 1320. The van der Waals surface area contributed by atoms with Crippen LogP contribution < -0.4 is 10.6 Å². The number of para-hydroxylation sites is 1. The van der Waals surface area contributed by atoms with Gasteiger partial charge >= 0.3 is 0 Å². The Morgan fingerprint density at radius 2 is 1.81 bits per heavy atom. The molecule has 3 N–H and O–H groups in total. The predicted molar refractivity (Wildman–Crippen MR) is 119 cm³/mol. The average Bonchev–Trinajstić information content (AvgIpc) is 3.22. The van der Waals surface area contributed by atoms with Crippen molar-refractivity contribution in [3.05, 3.63) is 102 Å². The van der Waals surface area contributed by atoms with Crippen molar-refractivity contribution in [3.63, 3.8) is 0 Å². The third-order valence-corrected chi connectivity index (χ3v) is 5.09. The number of halogens is 1. The minimum atomic E-state index is -0.905. The highest BCUT2D eigenvalue weighted by atomic mass is 19.1. The summed E-state index contributed by atoms with van der Waals surface area (Å²) in [6.07, 6.45) is 2.05. The van der Waals surface area contributed by atoms with Gasteiger partial charge < -0.3 is 15.6 Å². The third-order valence-electron chi connectivity index (χ3n) is 5.09. The molecule has 0 aliphatic heterocycles. The van der Waals surface area contributed by atoms with Crippen LogP contribution in [0.15, 0.2) is 79.0 Å². The average molecular weight is 426 g/mol. The van der Waals surface area contributed by atoms with Gasteiger partial charge in [0, 0.05) is 34.8 Å². The molecule has 0 saturated heterocycles. The molecule has 1 aromatic heterocycles. The Kier molecular flexibility index (Phi) is 5.95. The van der Waals surface area contributed by atoms with Gasteiger partial charge in [0.25, 0.3) is 5.91 Å². The summed E-state index contributed by atoms with van der Waals surface area (Å²) in [7, 11) is 0. The summed E-state index contributed by atoms with van der Waals surface area (Å²) in [4.78, 5) is 29.0. The largest absolute Gasteiger partial charge is 0.361 e. The number of carbonyl (C=O) groups is 2. The summed E-state index contributed by atoms with van der Waals surface area (Å²) in [6.45, 7) is 0. The number of aromatic amines is 1. The summed E-state index contributed by atoms with van der Waals surface area (Å²) in [5.41, 5.74) is 2.90. The minimum absolute atomic E-state index is 0.237. The quantitative estimate of drug-likeness (QED) is 0.432. The highest BCUT2D eigenvalue weighted by molar-refractivity contribution is 6.01. The number of benzene rings is 3. The van der Waals surface area contributed by atoms with Gasteiger partial charge in [-0.1, -0.05) is 24.3 Å². The lowest BCUT2D eigenvalue weighted by molar-refractivity contribution is -0.118. The number of rotatable bonds is 6. The second-order valence-corrected chi connectivity index (χ2v) is 7.28. The lowest BCUT2D eigenvalue weighted by Gasteiger charge is -2.19. The lowest BCUT2D eigenvalue weighted by atomic mass is 10.0. The molecule has 0 saturated carbocycles. The highest BCUT2D eigenvalue weighted by Crippen LogP contribution is 2.20. The van der Waals surface area contributed by atoms with Crippen LogP contribution in [0.4, 0.5) is 10.1 Å². The van der Waals surface area contributed by atoms with Crippen LogP contribution in [-0.2, 0) is 11.2 Å². The molecule has 0 aliphatic rings. The third kappa shape index (κ3) is 4.65. The molecule has 3 aromatic carbocycles. The highest BCUT2D eigenvalue weighted by Gasteiger charge is 2.23. The van der Waals surface area contributed by atoms with Gasteiger partial charge in [0.15, 0.2) is 0 Å². The van der Waals surface area contributed by atoms with Gasteiger partial charge in [-0.3, -0.25) is 9.59 Å². The second-order valence-electron chi connectivity index (χ2n) is 7.28. The summed E-state index contributed by atoms with van der Waals surface area (Å²) in [5.74, 6) is -1.37.